The molecule has 0 aliphatic carbocycles. The fraction of sp³-hybridized carbons (Fsp3) is 0.160. The Morgan fingerprint density at radius 3 is 2.50 bits per heavy atom. The number of alkyl halides is 3. The summed E-state index contributed by atoms with van der Waals surface area (Å²) in [6.45, 7) is 7.09. The van der Waals surface area contributed by atoms with Gasteiger partial charge in [0.05, 0.1) is 28.3 Å². The zero-order chi connectivity index (χ0) is 26.0. The van der Waals surface area contributed by atoms with Gasteiger partial charge >= 0.3 is 6.36 Å². The van der Waals surface area contributed by atoms with Crippen LogP contribution in [0.5, 0.6) is 5.75 Å². The van der Waals surface area contributed by atoms with E-state index in [1.807, 2.05) is 6.92 Å². The van der Waals surface area contributed by atoms with E-state index in [1.165, 1.54) is 16.9 Å². The van der Waals surface area contributed by atoms with Crippen LogP contribution in [0.15, 0.2) is 61.4 Å². The van der Waals surface area contributed by atoms with Crippen molar-refractivity contribution in [1.29, 1.82) is 0 Å². The number of hydrogen-bond acceptors (Lipinski definition) is 6. The van der Waals surface area contributed by atoms with Crippen molar-refractivity contribution >= 4 is 17.3 Å². The molecule has 4 aromatic rings. The maximum absolute atomic E-state index is 14.9. The lowest BCUT2D eigenvalue weighted by Crippen LogP contribution is -2.17. The van der Waals surface area contributed by atoms with E-state index in [4.69, 9.17) is 0 Å². The summed E-state index contributed by atoms with van der Waals surface area (Å²) in [6, 6.07) is 10.0. The molecule has 3 aromatic heterocycles. The van der Waals surface area contributed by atoms with Crippen molar-refractivity contribution in [3.8, 4) is 22.6 Å². The number of rotatable bonds is 7. The lowest BCUT2D eigenvalue weighted by atomic mass is 10.0. The fourth-order valence-electron chi connectivity index (χ4n) is 3.75. The number of aryl methyl sites for hydroxylation is 2. The Bertz CT molecular complexity index is 1430. The Labute approximate surface area is 203 Å². The summed E-state index contributed by atoms with van der Waals surface area (Å²) in [4.78, 5) is 8.05. The summed E-state index contributed by atoms with van der Waals surface area (Å²) in [7, 11) is 0. The van der Waals surface area contributed by atoms with Crippen LogP contribution in [0.25, 0.3) is 22.6 Å². The highest BCUT2D eigenvalue weighted by Crippen LogP contribution is 2.39. The van der Waals surface area contributed by atoms with Gasteiger partial charge in [0.15, 0.2) is 0 Å². The van der Waals surface area contributed by atoms with Gasteiger partial charge in [0.25, 0.3) is 0 Å². The van der Waals surface area contributed by atoms with Gasteiger partial charge in [-0.3, -0.25) is 4.98 Å². The molecule has 36 heavy (non-hydrogen) atoms. The summed E-state index contributed by atoms with van der Waals surface area (Å²) in [6.07, 6.45) is -1.55. The van der Waals surface area contributed by atoms with Crippen LogP contribution in [0.4, 0.5) is 29.1 Å². The minimum Gasteiger partial charge on any atom is -0.508 e. The number of aliphatic hydroxyl groups is 1. The number of nitrogens with one attached hydrogen (secondary N) is 1. The number of halogens is 4. The van der Waals surface area contributed by atoms with E-state index in [1.54, 1.807) is 37.4 Å². The van der Waals surface area contributed by atoms with Gasteiger partial charge in [-0.05, 0) is 55.8 Å². The summed E-state index contributed by atoms with van der Waals surface area (Å²) in [5, 5.41) is 17.9. The molecule has 186 valence electrons. The van der Waals surface area contributed by atoms with Crippen molar-refractivity contribution in [3.63, 3.8) is 0 Å². The van der Waals surface area contributed by atoms with Crippen LogP contribution in [0.3, 0.4) is 0 Å². The Balaban J connectivity index is 1.95. The number of benzene rings is 1. The fourth-order valence-corrected chi connectivity index (χ4v) is 3.75. The number of hydrogen-bond donors (Lipinski definition) is 2. The quantitative estimate of drug-likeness (QED) is 0.171. The number of aromatic nitrogens is 4. The summed E-state index contributed by atoms with van der Waals surface area (Å²) in [5.74, 6) is -1.47. The number of aliphatic hydroxyl groups excluding tert-OH is 1. The van der Waals surface area contributed by atoms with Gasteiger partial charge < -0.3 is 15.2 Å². The van der Waals surface area contributed by atoms with Crippen LogP contribution in [0.1, 0.15) is 23.9 Å². The zero-order valence-corrected chi connectivity index (χ0v) is 19.3. The molecule has 1 aromatic carbocycles. The molecule has 0 aliphatic rings. The van der Waals surface area contributed by atoms with E-state index in [0.717, 1.165) is 12.1 Å². The second-order valence-corrected chi connectivity index (χ2v) is 7.71. The molecule has 3 heterocycles. The molecule has 0 fully saturated rings. The standard InChI is InChI=1S/C25H21F4N5O2/c1-4-19-22(17-7-5-12-31-23(17)26)24(34(33-19)21-8-6-11-30-14(21)2)32-20-10-9-16(36-25(27,28)29)13-18(20)15(3)35/h5-13,32,35H,3-4H2,1-2H3. The van der Waals surface area contributed by atoms with E-state index in [0.29, 0.717) is 34.9 Å². The molecule has 11 heteroatoms. The SMILES string of the molecule is C=C(O)c1cc(OC(F)(F)F)ccc1Nc1c(-c2cccnc2F)c(CC)nn1-c1cccnc1C. The minimum absolute atomic E-state index is 0.0527. The molecule has 7 nitrogen and oxygen atoms in total. The van der Waals surface area contributed by atoms with Crippen LogP contribution in [-0.4, -0.2) is 31.2 Å². The lowest BCUT2D eigenvalue weighted by molar-refractivity contribution is -0.274. The maximum atomic E-state index is 14.9. The first kappa shape index (κ1) is 24.7. The lowest BCUT2D eigenvalue weighted by Gasteiger charge is -2.17. The highest BCUT2D eigenvalue weighted by Gasteiger charge is 2.31. The van der Waals surface area contributed by atoms with Crippen molar-refractivity contribution in [3.05, 3.63) is 84.3 Å². The zero-order valence-electron chi connectivity index (χ0n) is 19.3. The first-order chi connectivity index (χ1) is 17.1. The molecule has 0 saturated carbocycles. The van der Waals surface area contributed by atoms with Gasteiger partial charge in [-0.15, -0.1) is 13.2 Å². The molecule has 0 saturated heterocycles. The highest BCUT2D eigenvalue weighted by molar-refractivity contribution is 5.85. The van der Waals surface area contributed by atoms with Gasteiger partial charge in [-0.1, -0.05) is 13.5 Å². The van der Waals surface area contributed by atoms with Crippen molar-refractivity contribution in [1.82, 2.24) is 19.7 Å². The Morgan fingerprint density at radius 1 is 1.14 bits per heavy atom. The third-order valence-electron chi connectivity index (χ3n) is 5.32. The summed E-state index contributed by atoms with van der Waals surface area (Å²) in [5.41, 5.74) is 2.46. The monoisotopic (exact) mass is 499 g/mol. The molecule has 0 amide bonds. The first-order valence-corrected chi connectivity index (χ1v) is 10.8. The van der Waals surface area contributed by atoms with E-state index >= 15 is 0 Å². The van der Waals surface area contributed by atoms with Gasteiger partial charge in [-0.2, -0.15) is 9.49 Å². The molecular formula is C25H21F4N5O2. The van der Waals surface area contributed by atoms with Gasteiger partial charge in [-0.25, -0.2) is 9.67 Å². The summed E-state index contributed by atoms with van der Waals surface area (Å²) < 4.78 is 58.6. The van der Waals surface area contributed by atoms with E-state index < -0.39 is 23.8 Å². The molecule has 4 rings (SSSR count). The number of ether oxygens (including phenoxy) is 1. The van der Waals surface area contributed by atoms with Crippen LogP contribution in [0, 0.1) is 12.9 Å². The van der Waals surface area contributed by atoms with Crippen LogP contribution < -0.4 is 10.1 Å². The predicted molar refractivity (Wildman–Crippen MR) is 127 cm³/mol. The van der Waals surface area contributed by atoms with Gasteiger partial charge in [0, 0.05) is 23.5 Å². The predicted octanol–water partition coefficient (Wildman–Crippen LogP) is 6.51. The van der Waals surface area contributed by atoms with Crippen molar-refractivity contribution in [2.75, 3.05) is 5.32 Å². The Morgan fingerprint density at radius 2 is 1.86 bits per heavy atom. The molecular weight excluding hydrogens is 478 g/mol. The molecule has 0 radical (unpaired) electrons. The molecule has 2 N–H and O–H groups in total. The van der Waals surface area contributed by atoms with Crippen molar-refractivity contribution < 1.29 is 27.4 Å². The second-order valence-electron chi connectivity index (χ2n) is 7.71. The average Bonchev–Trinajstić information content (AvgIpc) is 3.17. The molecule has 0 atom stereocenters. The number of pyridine rings is 2. The highest BCUT2D eigenvalue weighted by atomic mass is 19.4. The van der Waals surface area contributed by atoms with Gasteiger partial charge in [0.1, 0.15) is 17.3 Å². The van der Waals surface area contributed by atoms with Crippen LogP contribution in [0.2, 0.25) is 0 Å². The molecule has 0 unspecified atom stereocenters. The Kier molecular flexibility index (Phi) is 6.65. The topological polar surface area (TPSA) is 85.1 Å². The van der Waals surface area contributed by atoms with Crippen LogP contribution >= 0.6 is 0 Å². The molecule has 0 spiro atoms. The average molecular weight is 499 g/mol. The number of anilines is 2. The molecule has 0 aliphatic heterocycles. The largest absolute Gasteiger partial charge is 0.573 e. The maximum Gasteiger partial charge on any atom is 0.573 e. The first-order valence-electron chi connectivity index (χ1n) is 10.8. The summed E-state index contributed by atoms with van der Waals surface area (Å²) >= 11 is 0. The van der Waals surface area contributed by atoms with Crippen molar-refractivity contribution in [2.45, 2.75) is 26.6 Å². The van der Waals surface area contributed by atoms with E-state index in [2.05, 4.69) is 31.7 Å². The van der Waals surface area contributed by atoms with Crippen LogP contribution in [-0.2, 0) is 6.42 Å². The molecule has 0 bridgehead atoms. The third kappa shape index (κ3) is 4.99. The van der Waals surface area contributed by atoms with E-state index in [-0.39, 0.29) is 16.8 Å². The second kappa shape index (κ2) is 9.68. The smallest absolute Gasteiger partial charge is 0.508 e. The number of nitrogens with zero attached hydrogens (tertiary/aromatic N) is 4. The van der Waals surface area contributed by atoms with Gasteiger partial charge in [0.2, 0.25) is 5.95 Å². The van der Waals surface area contributed by atoms with Crippen molar-refractivity contribution in [2.24, 2.45) is 0 Å². The Hall–Kier alpha value is -4.41. The minimum atomic E-state index is -4.92. The third-order valence-corrected chi connectivity index (χ3v) is 5.32. The van der Waals surface area contributed by atoms with E-state index in [9.17, 15) is 22.7 Å². The normalized spacial score (nSPS) is 11.4.